The Hall–Kier alpha value is -2.27. The molecule has 0 saturated carbocycles. The van der Waals surface area contributed by atoms with E-state index in [-0.39, 0.29) is 12.5 Å². The molecule has 2 aromatic rings. The summed E-state index contributed by atoms with van der Waals surface area (Å²) in [7, 11) is 0. The minimum atomic E-state index is -0.233. The first-order valence-corrected chi connectivity index (χ1v) is 8.85. The summed E-state index contributed by atoms with van der Waals surface area (Å²) in [4.78, 5) is 12.1. The molecule has 0 aliphatic rings. The quantitative estimate of drug-likeness (QED) is 0.631. The van der Waals surface area contributed by atoms with E-state index in [0.717, 1.165) is 16.5 Å². The van der Waals surface area contributed by atoms with Gasteiger partial charge in [0.1, 0.15) is 18.1 Å². The standard InChI is InChI=1S/C20H22BrNO3/c1-4-15-8-9-19(18(21)10-15)25-13-20(23)22-16-6-5-7-17(11-16)24-12-14(2)3/h5-11H,2,4,12-13H2,1,3H3,(H,22,23). The van der Waals surface area contributed by atoms with E-state index in [0.29, 0.717) is 23.8 Å². The summed E-state index contributed by atoms with van der Waals surface area (Å²) in [6, 6.07) is 13.1. The number of benzene rings is 2. The summed E-state index contributed by atoms with van der Waals surface area (Å²) < 4.78 is 12.0. The molecule has 25 heavy (non-hydrogen) atoms. The number of nitrogens with one attached hydrogen (secondary N) is 1. The van der Waals surface area contributed by atoms with Crippen LogP contribution in [-0.4, -0.2) is 19.1 Å². The lowest BCUT2D eigenvalue weighted by molar-refractivity contribution is -0.118. The summed E-state index contributed by atoms with van der Waals surface area (Å²) in [5.74, 6) is 1.09. The fourth-order valence-electron chi connectivity index (χ4n) is 2.09. The molecule has 5 heteroatoms. The van der Waals surface area contributed by atoms with Crippen LogP contribution in [-0.2, 0) is 11.2 Å². The molecule has 2 aromatic carbocycles. The predicted octanol–water partition coefficient (Wildman–Crippen LogP) is 4.98. The Morgan fingerprint density at radius 3 is 2.64 bits per heavy atom. The fraction of sp³-hybridized carbons (Fsp3) is 0.250. The number of hydrogen-bond acceptors (Lipinski definition) is 3. The lowest BCUT2D eigenvalue weighted by Gasteiger charge is -2.11. The Bertz CT molecular complexity index is 758. The number of anilines is 1. The van der Waals surface area contributed by atoms with Gasteiger partial charge in [-0.1, -0.05) is 25.6 Å². The third-order valence-electron chi connectivity index (χ3n) is 3.37. The van der Waals surface area contributed by atoms with Crippen LogP contribution >= 0.6 is 15.9 Å². The Labute approximate surface area is 157 Å². The van der Waals surface area contributed by atoms with Crippen LogP contribution < -0.4 is 14.8 Å². The number of halogens is 1. The van der Waals surface area contributed by atoms with Crippen LogP contribution in [0, 0.1) is 0 Å². The molecule has 0 unspecified atom stereocenters. The molecule has 132 valence electrons. The van der Waals surface area contributed by atoms with Gasteiger partial charge in [-0.2, -0.15) is 0 Å². The van der Waals surface area contributed by atoms with E-state index in [1.54, 1.807) is 12.1 Å². The molecule has 0 aromatic heterocycles. The van der Waals surface area contributed by atoms with Crippen molar-refractivity contribution < 1.29 is 14.3 Å². The number of aryl methyl sites for hydroxylation is 1. The average molecular weight is 404 g/mol. The van der Waals surface area contributed by atoms with Gasteiger partial charge in [0.15, 0.2) is 6.61 Å². The second-order valence-electron chi connectivity index (χ2n) is 5.73. The molecule has 0 spiro atoms. The van der Waals surface area contributed by atoms with E-state index in [9.17, 15) is 4.79 Å². The molecule has 0 heterocycles. The number of hydrogen-bond donors (Lipinski definition) is 1. The van der Waals surface area contributed by atoms with Crippen LogP contribution in [0.25, 0.3) is 0 Å². The highest BCUT2D eigenvalue weighted by atomic mass is 79.9. The van der Waals surface area contributed by atoms with E-state index in [2.05, 4.69) is 34.7 Å². The van der Waals surface area contributed by atoms with Crippen molar-refractivity contribution in [2.75, 3.05) is 18.5 Å². The van der Waals surface area contributed by atoms with Crippen molar-refractivity contribution in [1.82, 2.24) is 0 Å². The molecule has 0 aliphatic heterocycles. The molecule has 0 aliphatic carbocycles. The van der Waals surface area contributed by atoms with Crippen molar-refractivity contribution in [3.8, 4) is 11.5 Å². The zero-order valence-corrected chi connectivity index (χ0v) is 16.1. The molecule has 0 saturated heterocycles. The van der Waals surface area contributed by atoms with Crippen LogP contribution in [0.5, 0.6) is 11.5 Å². The maximum atomic E-state index is 12.1. The van der Waals surface area contributed by atoms with Gasteiger partial charge >= 0.3 is 0 Å². The molecule has 0 radical (unpaired) electrons. The zero-order chi connectivity index (χ0) is 18.2. The smallest absolute Gasteiger partial charge is 0.262 e. The highest BCUT2D eigenvalue weighted by Gasteiger charge is 2.07. The summed E-state index contributed by atoms with van der Waals surface area (Å²) >= 11 is 3.46. The van der Waals surface area contributed by atoms with E-state index >= 15 is 0 Å². The first kappa shape index (κ1) is 19.1. The maximum absolute atomic E-state index is 12.1. The largest absolute Gasteiger partial charge is 0.489 e. The minimum absolute atomic E-state index is 0.0685. The zero-order valence-electron chi connectivity index (χ0n) is 14.5. The van der Waals surface area contributed by atoms with E-state index in [4.69, 9.17) is 9.47 Å². The molecule has 0 bridgehead atoms. The number of amides is 1. The Morgan fingerprint density at radius 1 is 1.16 bits per heavy atom. The fourth-order valence-corrected chi connectivity index (χ4v) is 2.63. The lowest BCUT2D eigenvalue weighted by atomic mass is 10.2. The first-order valence-electron chi connectivity index (χ1n) is 8.06. The molecule has 1 amide bonds. The van der Waals surface area contributed by atoms with Crippen LogP contribution in [0.1, 0.15) is 19.4 Å². The monoisotopic (exact) mass is 403 g/mol. The second-order valence-corrected chi connectivity index (χ2v) is 6.58. The Balaban J connectivity index is 1.90. The van der Waals surface area contributed by atoms with Crippen molar-refractivity contribution in [3.05, 3.63) is 64.7 Å². The van der Waals surface area contributed by atoms with E-state index in [1.165, 1.54) is 5.56 Å². The average Bonchev–Trinajstić information content (AvgIpc) is 2.59. The van der Waals surface area contributed by atoms with Gasteiger partial charge in [-0.3, -0.25) is 4.79 Å². The van der Waals surface area contributed by atoms with Crippen LogP contribution in [0.4, 0.5) is 5.69 Å². The summed E-state index contributed by atoms with van der Waals surface area (Å²) in [5, 5.41) is 2.80. The molecule has 4 nitrogen and oxygen atoms in total. The maximum Gasteiger partial charge on any atom is 0.262 e. The highest BCUT2D eigenvalue weighted by molar-refractivity contribution is 9.10. The van der Waals surface area contributed by atoms with Gasteiger partial charge in [0.05, 0.1) is 4.47 Å². The Kier molecular flexibility index (Phi) is 7.07. The summed E-state index contributed by atoms with van der Waals surface area (Å²) in [6.45, 7) is 8.16. The lowest BCUT2D eigenvalue weighted by Crippen LogP contribution is -2.20. The third kappa shape index (κ3) is 6.27. The normalized spacial score (nSPS) is 10.2. The molecule has 0 atom stereocenters. The second kappa shape index (κ2) is 9.28. The van der Waals surface area contributed by atoms with E-state index in [1.807, 2.05) is 37.3 Å². The van der Waals surface area contributed by atoms with Crippen LogP contribution in [0.3, 0.4) is 0 Å². The van der Waals surface area contributed by atoms with Crippen molar-refractivity contribution in [1.29, 1.82) is 0 Å². The topological polar surface area (TPSA) is 47.6 Å². The Morgan fingerprint density at radius 2 is 1.96 bits per heavy atom. The first-order chi connectivity index (χ1) is 12.0. The molecule has 0 fully saturated rings. The third-order valence-corrected chi connectivity index (χ3v) is 3.99. The van der Waals surface area contributed by atoms with Gasteiger partial charge in [-0.15, -0.1) is 0 Å². The van der Waals surface area contributed by atoms with Crippen molar-refractivity contribution >= 4 is 27.5 Å². The number of carbonyl (C=O) groups excluding carboxylic acids is 1. The van der Waals surface area contributed by atoms with Gasteiger partial charge in [0.25, 0.3) is 5.91 Å². The minimum Gasteiger partial charge on any atom is -0.489 e. The van der Waals surface area contributed by atoms with Crippen molar-refractivity contribution in [2.24, 2.45) is 0 Å². The van der Waals surface area contributed by atoms with Crippen LogP contribution in [0.2, 0.25) is 0 Å². The van der Waals surface area contributed by atoms with Crippen LogP contribution in [0.15, 0.2) is 59.1 Å². The van der Waals surface area contributed by atoms with Gasteiger partial charge in [-0.05, 0) is 64.7 Å². The SMILES string of the molecule is C=C(C)COc1cccc(NC(=O)COc2ccc(CC)cc2Br)c1. The van der Waals surface area contributed by atoms with Crippen molar-refractivity contribution in [2.45, 2.75) is 20.3 Å². The molecule has 1 N–H and O–H groups in total. The number of carbonyl (C=O) groups is 1. The molecular formula is C20H22BrNO3. The number of ether oxygens (including phenoxy) is 2. The summed E-state index contributed by atoms with van der Waals surface area (Å²) in [5.41, 5.74) is 2.80. The predicted molar refractivity (Wildman–Crippen MR) is 104 cm³/mol. The highest BCUT2D eigenvalue weighted by Crippen LogP contribution is 2.26. The number of rotatable bonds is 8. The van der Waals surface area contributed by atoms with E-state index < -0.39 is 0 Å². The molecular weight excluding hydrogens is 382 g/mol. The summed E-state index contributed by atoms with van der Waals surface area (Å²) in [6.07, 6.45) is 0.948. The van der Waals surface area contributed by atoms with Gasteiger partial charge in [0, 0.05) is 11.8 Å². The van der Waals surface area contributed by atoms with Gasteiger partial charge in [-0.25, -0.2) is 0 Å². The van der Waals surface area contributed by atoms with Gasteiger partial charge < -0.3 is 14.8 Å². The van der Waals surface area contributed by atoms with Crippen molar-refractivity contribution in [3.63, 3.8) is 0 Å². The van der Waals surface area contributed by atoms with Gasteiger partial charge in [0.2, 0.25) is 0 Å². The molecule has 2 rings (SSSR count).